The monoisotopic (exact) mass is 271 g/mol. The predicted molar refractivity (Wildman–Crippen MR) is 72.0 cm³/mol. The van der Waals surface area contributed by atoms with Gasteiger partial charge in [-0.3, -0.25) is 0 Å². The maximum atomic E-state index is 12.3. The van der Waals surface area contributed by atoms with Gasteiger partial charge in [-0.05, 0) is 37.5 Å². The van der Waals surface area contributed by atoms with Gasteiger partial charge in [-0.15, -0.1) is 0 Å². The first-order valence-electron chi connectivity index (χ1n) is 6.02. The SMILES string of the molecule is CC(C)CC(C)N(C)S(=O)(=O)c1cccc(O)c1. The topological polar surface area (TPSA) is 57.6 Å². The summed E-state index contributed by atoms with van der Waals surface area (Å²) in [4.78, 5) is 0.126. The van der Waals surface area contributed by atoms with Gasteiger partial charge in [-0.1, -0.05) is 19.9 Å². The summed E-state index contributed by atoms with van der Waals surface area (Å²) in [6, 6.07) is 5.68. The lowest BCUT2D eigenvalue weighted by Crippen LogP contribution is -2.35. The molecule has 0 aromatic heterocycles. The molecule has 0 aliphatic carbocycles. The molecule has 1 unspecified atom stereocenters. The predicted octanol–water partition coefficient (Wildman–Crippen LogP) is 2.45. The van der Waals surface area contributed by atoms with E-state index >= 15 is 0 Å². The van der Waals surface area contributed by atoms with E-state index < -0.39 is 10.0 Å². The van der Waals surface area contributed by atoms with Crippen LogP contribution in [0.3, 0.4) is 0 Å². The van der Waals surface area contributed by atoms with E-state index in [9.17, 15) is 13.5 Å². The standard InChI is InChI=1S/C13H21NO3S/c1-10(2)8-11(3)14(4)18(16,17)13-7-5-6-12(15)9-13/h5-7,9-11,15H,8H2,1-4H3. The number of phenolic OH excluding ortho intramolecular Hbond substituents is 1. The van der Waals surface area contributed by atoms with E-state index in [-0.39, 0.29) is 16.7 Å². The molecule has 1 aromatic rings. The fourth-order valence-electron chi connectivity index (χ4n) is 1.88. The van der Waals surface area contributed by atoms with E-state index in [0.717, 1.165) is 6.42 Å². The van der Waals surface area contributed by atoms with E-state index in [1.165, 1.54) is 28.6 Å². The molecule has 0 bridgehead atoms. The van der Waals surface area contributed by atoms with Crippen molar-refractivity contribution in [1.29, 1.82) is 0 Å². The molecule has 0 heterocycles. The van der Waals surface area contributed by atoms with Crippen molar-refractivity contribution in [1.82, 2.24) is 4.31 Å². The minimum absolute atomic E-state index is 0.0408. The summed E-state index contributed by atoms with van der Waals surface area (Å²) in [5.41, 5.74) is 0. The van der Waals surface area contributed by atoms with E-state index in [2.05, 4.69) is 13.8 Å². The van der Waals surface area contributed by atoms with Crippen LogP contribution in [0.15, 0.2) is 29.2 Å². The van der Waals surface area contributed by atoms with Crippen LogP contribution in [0.2, 0.25) is 0 Å². The Bertz CT molecular complexity index is 497. The van der Waals surface area contributed by atoms with Crippen LogP contribution in [-0.4, -0.2) is 30.9 Å². The number of benzene rings is 1. The van der Waals surface area contributed by atoms with Gasteiger partial charge < -0.3 is 5.11 Å². The molecule has 0 fully saturated rings. The third-order valence-electron chi connectivity index (χ3n) is 2.93. The fraction of sp³-hybridized carbons (Fsp3) is 0.538. The highest BCUT2D eigenvalue weighted by Crippen LogP contribution is 2.22. The molecular weight excluding hydrogens is 250 g/mol. The maximum absolute atomic E-state index is 12.3. The number of phenols is 1. The first kappa shape index (κ1) is 15.0. The van der Waals surface area contributed by atoms with Crippen LogP contribution >= 0.6 is 0 Å². The number of nitrogens with zero attached hydrogens (tertiary/aromatic N) is 1. The quantitative estimate of drug-likeness (QED) is 0.895. The lowest BCUT2D eigenvalue weighted by Gasteiger charge is -2.25. The second-order valence-corrected chi connectivity index (χ2v) is 6.99. The molecule has 5 heteroatoms. The molecule has 0 radical (unpaired) electrons. The van der Waals surface area contributed by atoms with Crippen LogP contribution in [0, 0.1) is 5.92 Å². The highest BCUT2D eigenvalue weighted by Gasteiger charge is 2.25. The molecule has 1 aromatic carbocycles. The van der Waals surface area contributed by atoms with Gasteiger partial charge in [0.1, 0.15) is 5.75 Å². The second kappa shape index (κ2) is 5.71. The molecular formula is C13H21NO3S. The molecule has 0 amide bonds. The molecule has 1 rings (SSSR count). The summed E-state index contributed by atoms with van der Waals surface area (Å²) in [6.07, 6.45) is 0.800. The molecule has 4 nitrogen and oxygen atoms in total. The van der Waals surface area contributed by atoms with Crippen LogP contribution in [0.4, 0.5) is 0 Å². The van der Waals surface area contributed by atoms with Crippen LogP contribution in [0.5, 0.6) is 5.75 Å². The van der Waals surface area contributed by atoms with Crippen LogP contribution in [0.1, 0.15) is 27.2 Å². The van der Waals surface area contributed by atoms with E-state index in [4.69, 9.17) is 0 Å². The zero-order valence-corrected chi connectivity index (χ0v) is 12.1. The minimum Gasteiger partial charge on any atom is -0.508 e. The Morgan fingerprint density at radius 3 is 2.39 bits per heavy atom. The van der Waals surface area contributed by atoms with Crippen molar-refractivity contribution in [2.45, 2.75) is 38.1 Å². The highest BCUT2D eigenvalue weighted by atomic mass is 32.2. The Morgan fingerprint density at radius 1 is 1.28 bits per heavy atom. The molecule has 1 atom stereocenters. The van der Waals surface area contributed by atoms with Crippen LogP contribution < -0.4 is 0 Å². The summed E-state index contributed by atoms with van der Waals surface area (Å²) in [6.45, 7) is 6.01. The molecule has 0 spiro atoms. The average molecular weight is 271 g/mol. The Morgan fingerprint density at radius 2 is 1.89 bits per heavy atom. The lowest BCUT2D eigenvalue weighted by molar-refractivity contribution is 0.337. The summed E-state index contributed by atoms with van der Waals surface area (Å²) in [5, 5.41) is 9.36. The van der Waals surface area contributed by atoms with Crippen molar-refractivity contribution >= 4 is 10.0 Å². The Labute approximate surface area is 109 Å². The van der Waals surface area contributed by atoms with Crippen molar-refractivity contribution in [3.8, 4) is 5.75 Å². The molecule has 0 saturated heterocycles. The van der Waals surface area contributed by atoms with Gasteiger partial charge >= 0.3 is 0 Å². The largest absolute Gasteiger partial charge is 0.508 e. The van der Waals surface area contributed by atoms with E-state index in [1.54, 1.807) is 7.05 Å². The zero-order valence-electron chi connectivity index (χ0n) is 11.3. The van der Waals surface area contributed by atoms with Gasteiger partial charge in [0, 0.05) is 13.1 Å². The molecule has 0 aliphatic rings. The number of sulfonamides is 1. The van der Waals surface area contributed by atoms with Crippen LogP contribution in [0.25, 0.3) is 0 Å². The molecule has 18 heavy (non-hydrogen) atoms. The van der Waals surface area contributed by atoms with Gasteiger partial charge in [-0.2, -0.15) is 4.31 Å². The first-order valence-corrected chi connectivity index (χ1v) is 7.46. The van der Waals surface area contributed by atoms with Crippen molar-refractivity contribution in [2.24, 2.45) is 5.92 Å². The fourth-order valence-corrected chi connectivity index (χ4v) is 3.29. The van der Waals surface area contributed by atoms with Gasteiger partial charge in [0.2, 0.25) is 10.0 Å². The molecule has 0 aliphatic heterocycles. The third-order valence-corrected chi connectivity index (χ3v) is 4.90. The Hall–Kier alpha value is -1.07. The number of aromatic hydroxyl groups is 1. The Kier molecular flexibility index (Phi) is 4.76. The molecule has 0 saturated carbocycles. The Balaban J connectivity index is 3.00. The second-order valence-electron chi connectivity index (χ2n) is 5.00. The zero-order chi connectivity index (χ0) is 13.9. The summed E-state index contributed by atoms with van der Waals surface area (Å²) in [7, 11) is -1.96. The van der Waals surface area contributed by atoms with Crippen molar-refractivity contribution in [3.05, 3.63) is 24.3 Å². The van der Waals surface area contributed by atoms with Crippen molar-refractivity contribution < 1.29 is 13.5 Å². The number of hydrogen-bond donors (Lipinski definition) is 1. The lowest BCUT2D eigenvalue weighted by atomic mass is 10.1. The highest BCUT2D eigenvalue weighted by molar-refractivity contribution is 7.89. The van der Waals surface area contributed by atoms with Gasteiger partial charge in [-0.25, -0.2) is 8.42 Å². The molecule has 102 valence electrons. The minimum atomic E-state index is -3.53. The smallest absolute Gasteiger partial charge is 0.243 e. The van der Waals surface area contributed by atoms with Crippen LogP contribution in [-0.2, 0) is 10.0 Å². The van der Waals surface area contributed by atoms with Crippen molar-refractivity contribution in [2.75, 3.05) is 7.05 Å². The number of hydrogen-bond acceptors (Lipinski definition) is 3. The molecule has 1 N–H and O–H groups in total. The average Bonchev–Trinajstić information content (AvgIpc) is 2.27. The van der Waals surface area contributed by atoms with Gasteiger partial charge in [0.25, 0.3) is 0 Å². The van der Waals surface area contributed by atoms with E-state index in [1.807, 2.05) is 6.92 Å². The van der Waals surface area contributed by atoms with E-state index in [0.29, 0.717) is 5.92 Å². The normalized spacial score (nSPS) is 14.1. The summed E-state index contributed by atoms with van der Waals surface area (Å²) >= 11 is 0. The third kappa shape index (κ3) is 3.46. The summed E-state index contributed by atoms with van der Waals surface area (Å²) < 4.78 is 26.0. The van der Waals surface area contributed by atoms with Gasteiger partial charge in [0.05, 0.1) is 4.90 Å². The van der Waals surface area contributed by atoms with Crippen molar-refractivity contribution in [3.63, 3.8) is 0 Å². The van der Waals surface area contributed by atoms with Gasteiger partial charge in [0.15, 0.2) is 0 Å². The number of rotatable bonds is 5. The summed E-state index contributed by atoms with van der Waals surface area (Å²) in [5.74, 6) is 0.391. The first-order chi connectivity index (χ1) is 8.25. The maximum Gasteiger partial charge on any atom is 0.243 e.